The summed E-state index contributed by atoms with van der Waals surface area (Å²) in [7, 11) is 0. The van der Waals surface area contributed by atoms with Gasteiger partial charge in [-0.05, 0) is 43.3 Å². The first-order valence-electron chi connectivity index (χ1n) is 8.94. The summed E-state index contributed by atoms with van der Waals surface area (Å²) in [6, 6.07) is 10.8. The highest BCUT2D eigenvalue weighted by Crippen LogP contribution is 2.34. The van der Waals surface area contributed by atoms with E-state index in [2.05, 4.69) is 15.5 Å². The van der Waals surface area contributed by atoms with Crippen molar-refractivity contribution in [3.05, 3.63) is 54.1 Å². The van der Waals surface area contributed by atoms with E-state index in [4.69, 9.17) is 20.1 Å². The summed E-state index contributed by atoms with van der Waals surface area (Å²) in [4.78, 5) is 12.5. The van der Waals surface area contributed by atoms with E-state index in [1.54, 1.807) is 25.1 Å². The molecule has 0 bridgehead atoms. The number of halogens is 1. The first-order chi connectivity index (χ1) is 14.5. The molecule has 3 aromatic rings. The van der Waals surface area contributed by atoms with Gasteiger partial charge in [0.1, 0.15) is 18.2 Å². The van der Waals surface area contributed by atoms with Crippen molar-refractivity contribution >= 4 is 23.4 Å². The van der Waals surface area contributed by atoms with Crippen molar-refractivity contribution in [1.82, 2.24) is 14.9 Å². The van der Waals surface area contributed by atoms with Crippen LogP contribution in [0.1, 0.15) is 12.7 Å². The zero-order chi connectivity index (χ0) is 21.1. The van der Waals surface area contributed by atoms with Gasteiger partial charge in [-0.2, -0.15) is 0 Å². The van der Waals surface area contributed by atoms with Gasteiger partial charge in [0.05, 0.1) is 5.25 Å². The SMILES string of the molecule is CC(Sc1nnc(COc2ccc(F)cc2)n1N)C(=O)Nc1ccc2c(c1)OCO2. The maximum Gasteiger partial charge on any atom is 0.237 e. The minimum absolute atomic E-state index is 0.0491. The first kappa shape index (κ1) is 19.8. The van der Waals surface area contributed by atoms with E-state index in [1.165, 1.54) is 28.9 Å². The Hall–Kier alpha value is -3.47. The van der Waals surface area contributed by atoms with Crippen LogP contribution in [0, 0.1) is 5.82 Å². The summed E-state index contributed by atoms with van der Waals surface area (Å²) in [6.07, 6.45) is 0. The van der Waals surface area contributed by atoms with Gasteiger partial charge in [0.25, 0.3) is 0 Å². The lowest BCUT2D eigenvalue weighted by Crippen LogP contribution is -2.24. The molecule has 1 amide bonds. The second kappa shape index (κ2) is 8.49. The second-order valence-corrected chi connectivity index (χ2v) is 7.64. The number of nitrogen functional groups attached to an aromatic ring is 1. The van der Waals surface area contributed by atoms with Crippen LogP contribution < -0.4 is 25.4 Å². The number of thioether (sulfide) groups is 1. The Kier molecular flexibility index (Phi) is 5.61. The van der Waals surface area contributed by atoms with Crippen molar-refractivity contribution in [2.24, 2.45) is 0 Å². The van der Waals surface area contributed by atoms with Gasteiger partial charge >= 0.3 is 0 Å². The molecule has 30 heavy (non-hydrogen) atoms. The van der Waals surface area contributed by atoms with Crippen molar-refractivity contribution in [3.63, 3.8) is 0 Å². The first-order valence-corrected chi connectivity index (χ1v) is 9.82. The Morgan fingerprint density at radius 1 is 1.27 bits per heavy atom. The Balaban J connectivity index is 1.34. The smallest absolute Gasteiger partial charge is 0.237 e. The number of benzene rings is 2. The molecule has 2 aromatic carbocycles. The van der Waals surface area contributed by atoms with Crippen LogP contribution in [0.3, 0.4) is 0 Å². The third kappa shape index (κ3) is 4.40. The number of carbonyl (C=O) groups is 1. The van der Waals surface area contributed by atoms with Gasteiger partial charge in [0.15, 0.2) is 17.3 Å². The van der Waals surface area contributed by atoms with E-state index in [-0.39, 0.29) is 25.1 Å². The molecule has 0 aliphatic carbocycles. The largest absolute Gasteiger partial charge is 0.486 e. The molecule has 11 heteroatoms. The van der Waals surface area contributed by atoms with Crippen LogP contribution in [0.4, 0.5) is 10.1 Å². The highest BCUT2D eigenvalue weighted by molar-refractivity contribution is 8.00. The van der Waals surface area contributed by atoms with E-state index in [9.17, 15) is 9.18 Å². The third-order valence-electron chi connectivity index (χ3n) is 4.21. The topological polar surface area (TPSA) is 114 Å². The lowest BCUT2D eigenvalue weighted by molar-refractivity contribution is -0.115. The van der Waals surface area contributed by atoms with Crippen LogP contribution in [0.25, 0.3) is 0 Å². The number of carbonyl (C=O) groups excluding carboxylic acids is 1. The Morgan fingerprint density at radius 2 is 2.03 bits per heavy atom. The van der Waals surface area contributed by atoms with Crippen molar-refractivity contribution in [2.45, 2.75) is 23.9 Å². The second-order valence-electron chi connectivity index (χ2n) is 6.33. The van der Waals surface area contributed by atoms with E-state index >= 15 is 0 Å². The van der Waals surface area contributed by atoms with Crippen LogP contribution in [-0.4, -0.2) is 32.8 Å². The minimum Gasteiger partial charge on any atom is -0.486 e. The standard InChI is InChI=1S/C19H18FN5O4S/c1-11(18(26)22-13-4-7-15-16(8-13)29-10-28-15)30-19-24-23-17(25(19)21)9-27-14-5-2-12(20)3-6-14/h2-8,11H,9-10,21H2,1H3,(H,22,26). The molecular weight excluding hydrogens is 413 g/mol. The Bertz CT molecular complexity index is 1060. The monoisotopic (exact) mass is 431 g/mol. The number of rotatable bonds is 7. The number of fused-ring (bicyclic) bond motifs is 1. The predicted molar refractivity (Wildman–Crippen MR) is 107 cm³/mol. The fourth-order valence-corrected chi connectivity index (χ4v) is 3.38. The van der Waals surface area contributed by atoms with Gasteiger partial charge in [-0.3, -0.25) is 4.79 Å². The van der Waals surface area contributed by atoms with Crippen LogP contribution in [0.2, 0.25) is 0 Å². The molecule has 1 aliphatic rings. The molecule has 1 aromatic heterocycles. The fourth-order valence-electron chi connectivity index (χ4n) is 2.59. The summed E-state index contributed by atoms with van der Waals surface area (Å²) in [6.45, 7) is 1.95. The molecule has 0 saturated heterocycles. The van der Waals surface area contributed by atoms with Gasteiger partial charge < -0.3 is 25.4 Å². The molecule has 0 spiro atoms. The summed E-state index contributed by atoms with van der Waals surface area (Å²) in [5.41, 5.74) is 0.597. The minimum atomic E-state index is -0.493. The van der Waals surface area contributed by atoms with Crippen molar-refractivity contribution in [2.75, 3.05) is 18.0 Å². The summed E-state index contributed by atoms with van der Waals surface area (Å²) >= 11 is 1.16. The molecule has 2 heterocycles. The third-order valence-corrected chi connectivity index (χ3v) is 5.27. The molecule has 156 valence electrons. The lowest BCUT2D eigenvalue weighted by atomic mass is 10.2. The van der Waals surface area contributed by atoms with Gasteiger partial charge in [-0.15, -0.1) is 10.2 Å². The van der Waals surface area contributed by atoms with Crippen molar-refractivity contribution < 1.29 is 23.4 Å². The molecule has 0 saturated carbocycles. The number of hydrogen-bond acceptors (Lipinski definition) is 8. The molecule has 0 radical (unpaired) electrons. The molecule has 1 atom stereocenters. The van der Waals surface area contributed by atoms with Gasteiger partial charge in [0.2, 0.25) is 17.9 Å². The van der Waals surface area contributed by atoms with Crippen LogP contribution >= 0.6 is 11.8 Å². The van der Waals surface area contributed by atoms with E-state index in [0.717, 1.165) is 11.8 Å². The van der Waals surface area contributed by atoms with Gasteiger partial charge in [-0.25, -0.2) is 9.07 Å². The average Bonchev–Trinajstić information content (AvgIpc) is 3.34. The molecule has 1 unspecified atom stereocenters. The van der Waals surface area contributed by atoms with E-state index < -0.39 is 5.25 Å². The Morgan fingerprint density at radius 3 is 2.83 bits per heavy atom. The number of nitrogens with one attached hydrogen (secondary N) is 1. The lowest BCUT2D eigenvalue weighted by Gasteiger charge is -2.12. The summed E-state index contributed by atoms with van der Waals surface area (Å²) in [5, 5.41) is 10.7. The highest BCUT2D eigenvalue weighted by Gasteiger charge is 2.21. The van der Waals surface area contributed by atoms with Crippen LogP contribution in [-0.2, 0) is 11.4 Å². The number of ether oxygens (including phenoxy) is 3. The fraction of sp³-hybridized carbons (Fsp3) is 0.211. The van der Waals surface area contributed by atoms with Crippen molar-refractivity contribution in [1.29, 1.82) is 0 Å². The van der Waals surface area contributed by atoms with Crippen LogP contribution in [0.15, 0.2) is 47.6 Å². The predicted octanol–water partition coefficient (Wildman–Crippen LogP) is 2.56. The quantitative estimate of drug-likeness (QED) is 0.433. The normalized spacial score (nSPS) is 13.1. The number of nitrogens with two attached hydrogens (primary N) is 1. The number of hydrogen-bond donors (Lipinski definition) is 2. The molecule has 4 rings (SSSR count). The average molecular weight is 431 g/mol. The van der Waals surface area contributed by atoms with Crippen molar-refractivity contribution in [3.8, 4) is 17.2 Å². The molecule has 9 nitrogen and oxygen atoms in total. The van der Waals surface area contributed by atoms with Gasteiger partial charge in [-0.1, -0.05) is 11.8 Å². The number of nitrogens with zero attached hydrogens (tertiary/aromatic N) is 3. The van der Waals surface area contributed by atoms with Gasteiger partial charge in [0, 0.05) is 11.8 Å². The summed E-state index contributed by atoms with van der Waals surface area (Å²) in [5.74, 6) is 7.51. The molecule has 1 aliphatic heterocycles. The van der Waals surface area contributed by atoms with E-state index in [0.29, 0.717) is 33.9 Å². The number of anilines is 1. The molecular formula is C19H18FN5O4S. The van der Waals surface area contributed by atoms with Crippen LogP contribution in [0.5, 0.6) is 17.2 Å². The van der Waals surface area contributed by atoms with E-state index in [1.807, 2.05) is 0 Å². The zero-order valence-corrected chi connectivity index (χ0v) is 16.7. The Labute approximate surface area is 175 Å². The molecule has 0 fully saturated rings. The highest BCUT2D eigenvalue weighted by atomic mass is 32.2. The zero-order valence-electron chi connectivity index (χ0n) is 15.9. The maximum atomic E-state index is 13.0. The molecule has 3 N–H and O–H groups in total. The summed E-state index contributed by atoms with van der Waals surface area (Å²) < 4.78 is 30.3. The number of amides is 1. The maximum absolute atomic E-state index is 13.0. The number of aromatic nitrogens is 3.